The van der Waals surface area contributed by atoms with Gasteiger partial charge in [0.15, 0.2) is 0 Å². The summed E-state index contributed by atoms with van der Waals surface area (Å²) < 4.78 is 16.2. The number of carboxylic acid groups (broad SMARTS) is 1. The van der Waals surface area contributed by atoms with E-state index in [1.54, 1.807) is 37.3 Å². The molecule has 0 unspecified atom stereocenters. The summed E-state index contributed by atoms with van der Waals surface area (Å²) in [5.74, 6) is -1.77. The minimum Gasteiger partial charge on any atom is -0.477 e. The van der Waals surface area contributed by atoms with E-state index >= 15 is 0 Å². The molecule has 0 atom stereocenters. The van der Waals surface area contributed by atoms with Crippen LogP contribution in [0.5, 0.6) is 0 Å². The Kier molecular flexibility index (Phi) is 5.13. The number of aromatic amines is 2. The van der Waals surface area contributed by atoms with E-state index < -0.39 is 17.3 Å². The van der Waals surface area contributed by atoms with E-state index in [2.05, 4.69) is 9.97 Å². The largest absolute Gasteiger partial charge is 0.477 e. The molecular formula is C26H20FN3O4. The van der Waals surface area contributed by atoms with Crippen molar-refractivity contribution >= 4 is 27.8 Å². The summed E-state index contributed by atoms with van der Waals surface area (Å²) in [6.45, 7) is 1.68. The first-order valence-electron chi connectivity index (χ1n) is 10.8. The average Bonchev–Trinajstić information content (AvgIpc) is 3.12. The third kappa shape index (κ3) is 3.40. The van der Waals surface area contributed by atoms with Crippen LogP contribution in [-0.2, 0) is 13.0 Å². The Morgan fingerprint density at radius 1 is 1.03 bits per heavy atom. The first kappa shape index (κ1) is 21.4. The van der Waals surface area contributed by atoms with Crippen molar-refractivity contribution in [3.05, 3.63) is 104 Å². The lowest BCUT2D eigenvalue weighted by Gasteiger charge is -2.10. The molecule has 5 aromatic rings. The predicted octanol–water partition coefficient (Wildman–Crippen LogP) is 4.29. The van der Waals surface area contributed by atoms with Gasteiger partial charge in [-0.25, -0.2) is 9.18 Å². The number of H-pyrrole nitrogens is 2. The molecular weight excluding hydrogens is 437 g/mol. The molecule has 0 aliphatic heterocycles. The standard InChI is InChI=1S/C26H20FN3O4/c1-2-14-11-18-21(12-19(14)27)30(13-16-10-15-6-3-4-8-20(15)29-24(16)31)23(26(33)34)22(18)17-7-5-9-28-25(17)32/h3-12H,2,13H2,1H3,(H,28,32)(H,29,31)(H,33,34). The van der Waals surface area contributed by atoms with Gasteiger partial charge in [-0.2, -0.15) is 0 Å². The van der Waals surface area contributed by atoms with E-state index in [4.69, 9.17) is 0 Å². The third-order valence-corrected chi connectivity index (χ3v) is 6.06. The minimum absolute atomic E-state index is 0.117. The highest BCUT2D eigenvalue weighted by molar-refractivity contribution is 6.08. The van der Waals surface area contributed by atoms with E-state index in [1.807, 2.05) is 12.1 Å². The van der Waals surface area contributed by atoms with Gasteiger partial charge in [-0.3, -0.25) is 9.59 Å². The molecule has 7 nitrogen and oxygen atoms in total. The maximum Gasteiger partial charge on any atom is 0.353 e. The van der Waals surface area contributed by atoms with Crippen molar-refractivity contribution in [2.24, 2.45) is 0 Å². The van der Waals surface area contributed by atoms with Crippen LogP contribution in [0, 0.1) is 5.82 Å². The molecule has 34 heavy (non-hydrogen) atoms. The van der Waals surface area contributed by atoms with Crippen molar-refractivity contribution in [3.63, 3.8) is 0 Å². The Hall–Kier alpha value is -4.46. The Labute approximate surface area is 192 Å². The summed E-state index contributed by atoms with van der Waals surface area (Å²) in [7, 11) is 0. The van der Waals surface area contributed by atoms with Gasteiger partial charge in [-0.15, -0.1) is 0 Å². The molecule has 0 spiro atoms. The second-order valence-corrected chi connectivity index (χ2v) is 8.05. The lowest BCUT2D eigenvalue weighted by Crippen LogP contribution is -2.19. The Bertz CT molecular complexity index is 1710. The highest BCUT2D eigenvalue weighted by Crippen LogP contribution is 2.36. The van der Waals surface area contributed by atoms with Gasteiger partial charge in [0.25, 0.3) is 11.1 Å². The molecule has 8 heteroatoms. The van der Waals surface area contributed by atoms with Gasteiger partial charge in [0.1, 0.15) is 11.5 Å². The number of pyridine rings is 2. The summed E-state index contributed by atoms with van der Waals surface area (Å²) >= 11 is 0. The first-order valence-corrected chi connectivity index (χ1v) is 10.8. The maximum atomic E-state index is 14.9. The molecule has 0 saturated heterocycles. The summed E-state index contributed by atoms with van der Waals surface area (Å²) in [5.41, 5.74) is 0.981. The van der Waals surface area contributed by atoms with E-state index in [9.17, 15) is 23.9 Å². The van der Waals surface area contributed by atoms with Crippen molar-refractivity contribution in [3.8, 4) is 11.1 Å². The van der Waals surface area contributed by atoms with Crippen molar-refractivity contribution in [2.45, 2.75) is 19.9 Å². The number of aromatic carboxylic acids is 1. The first-order chi connectivity index (χ1) is 16.4. The summed E-state index contributed by atoms with van der Waals surface area (Å²) in [5, 5.41) is 11.4. The van der Waals surface area contributed by atoms with Crippen LogP contribution in [0.15, 0.2) is 70.4 Å². The summed E-state index contributed by atoms with van der Waals surface area (Å²) in [6, 6.07) is 14.9. The Morgan fingerprint density at radius 3 is 2.56 bits per heavy atom. The highest BCUT2D eigenvalue weighted by atomic mass is 19.1. The number of fused-ring (bicyclic) bond motifs is 2. The van der Waals surface area contributed by atoms with Crippen molar-refractivity contribution < 1.29 is 14.3 Å². The molecule has 5 rings (SSSR count). The molecule has 0 aliphatic carbocycles. The minimum atomic E-state index is -1.29. The number of hydrogen-bond donors (Lipinski definition) is 3. The molecule has 0 radical (unpaired) electrons. The topological polar surface area (TPSA) is 108 Å². The number of carboxylic acids is 1. The number of para-hydroxylation sites is 1. The second kappa shape index (κ2) is 8.15. The molecule has 3 aromatic heterocycles. The van der Waals surface area contributed by atoms with E-state index in [-0.39, 0.29) is 34.4 Å². The van der Waals surface area contributed by atoms with E-state index in [1.165, 1.54) is 22.9 Å². The van der Waals surface area contributed by atoms with Gasteiger partial charge in [0.05, 0.1) is 12.1 Å². The van der Waals surface area contributed by atoms with E-state index in [0.717, 1.165) is 5.39 Å². The molecule has 0 amide bonds. The molecule has 170 valence electrons. The zero-order valence-corrected chi connectivity index (χ0v) is 18.2. The second-order valence-electron chi connectivity index (χ2n) is 8.05. The monoisotopic (exact) mass is 457 g/mol. The van der Waals surface area contributed by atoms with E-state index in [0.29, 0.717) is 28.5 Å². The fraction of sp³-hybridized carbons (Fsp3) is 0.115. The molecule has 0 bridgehead atoms. The van der Waals surface area contributed by atoms with Gasteiger partial charge >= 0.3 is 5.97 Å². The van der Waals surface area contributed by atoms with Gasteiger partial charge in [-0.05, 0) is 53.8 Å². The fourth-order valence-electron chi connectivity index (χ4n) is 4.44. The van der Waals surface area contributed by atoms with Crippen LogP contribution in [0.1, 0.15) is 28.5 Å². The Balaban J connectivity index is 1.86. The molecule has 3 heterocycles. The summed E-state index contributed by atoms with van der Waals surface area (Å²) in [6.07, 6.45) is 1.85. The quantitative estimate of drug-likeness (QED) is 0.366. The number of nitrogens with one attached hydrogen (secondary N) is 2. The number of carbonyl (C=O) groups is 1. The molecule has 0 saturated carbocycles. The van der Waals surface area contributed by atoms with Crippen LogP contribution >= 0.6 is 0 Å². The lowest BCUT2D eigenvalue weighted by molar-refractivity contribution is 0.0687. The van der Waals surface area contributed by atoms with Gasteiger partial charge in [-0.1, -0.05) is 25.1 Å². The number of nitrogens with zero attached hydrogens (tertiary/aromatic N) is 1. The van der Waals surface area contributed by atoms with Gasteiger partial charge in [0, 0.05) is 33.8 Å². The fourth-order valence-corrected chi connectivity index (χ4v) is 4.44. The molecule has 3 N–H and O–H groups in total. The van der Waals surface area contributed by atoms with Crippen LogP contribution in [0.2, 0.25) is 0 Å². The number of hydrogen-bond acceptors (Lipinski definition) is 3. The predicted molar refractivity (Wildman–Crippen MR) is 128 cm³/mol. The smallest absolute Gasteiger partial charge is 0.353 e. The molecule has 2 aromatic carbocycles. The SMILES string of the molecule is CCc1cc2c(-c3ccc[nH]c3=O)c(C(=O)O)n(Cc3cc4ccccc4[nH]c3=O)c2cc1F. The van der Waals surface area contributed by atoms with Crippen LogP contribution in [0.4, 0.5) is 4.39 Å². The highest BCUT2D eigenvalue weighted by Gasteiger charge is 2.26. The zero-order valence-electron chi connectivity index (χ0n) is 18.2. The number of rotatable bonds is 5. The van der Waals surface area contributed by atoms with Crippen LogP contribution < -0.4 is 11.1 Å². The Morgan fingerprint density at radius 2 is 1.82 bits per heavy atom. The molecule has 0 fully saturated rings. The van der Waals surface area contributed by atoms with Gasteiger partial charge < -0.3 is 19.6 Å². The number of aromatic nitrogens is 3. The summed E-state index contributed by atoms with van der Waals surface area (Å²) in [4.78, 5) is 43.3. The van der Waals surface area contributed by atoms with Crippen molar-refractivity contribution in [1.82, 2.24) is 14.5 Å². The average molecular weight is 457 g/mol. The zero-order chi connectivity index (χ0) is 24.0. The van der Waals surface area contributed by atoms with Crippen LogP contribution in [0.25, 0.3) is 32.9 Å². The third-order valence-electron chi connectivity index (χ3n) is 6.06. The number of halogens is 1. The van der Waals surface area contributed by atoms with Crippen molar-refractivity contribution in [1.29, 1.82) is 0 Å². The number of benzene rings is 2. The van der Waals surface area contributed by atoms with Gasteiger partial charge in [0.2, 0.25) is 0 Å². The molecule has 0 aliphatic rings. The maximum absolute atomic E-state index is 14.9. The number of aryl methyl sites for hydroxylation is 1. The van der Waals surface area contributed by atoms with Crippen LogP contribution in [-0.4, -0.2) is 25.6 Å². The van der Waals surface area contributed by atoms with Crippen LogP contribution in [0.3, 0.4) is 0 Å². The lowest BCUT2D eigenvalue weighted by atomic mass is 10.0. The normalized spacial score (nSPS) is 11.4. The van der Waals surface area contributed by atoms with Crippen molar-refractivity contribution in [2.75, 3.05) is 0 Å².